The summed E-state index contributed by atoms with van der Waals surface area (Å²) in [7, 11) is 0. The lowest BCUT2D eigenvalue weighted by atomic mass is 10.2. The van der Waals surface area contributed by atoms with Crippen molar-refractivity contribution in [2.75, 3.05) is 6.54 Å². The fraction of sp³-hybridized carbons (Fsp3) is 0.300. The molecule has 0 atom stereocenters. The third-order valence-electron chi connectivity index (χ3n) is 4.57. The minimum atomic E-state index is -0.243. The van der Waals surface area contributed by atoms with Crippen molar-refractivity contribution in [1.29, 1.82) is 0 Å². The third-order valence-corrected chi connectivity index (χ3v) is 5.43. The van der Waals surface area contributed by atoms with Gasteiger partial charge < -0.3 is 9.47 Å². The van der Waals surface area contributed by atoms with Crippen molar-refractivity contribution >= 4 is 17.2 Å². The Kier molecular flexibility index (Phi) is 4.84. The predicted octanol–water partition coefficient (Wildman–Crippen LogP) is 4.18. The van der Waals surface area contributed by atoms with Crippen molar-refractivity contribution < 1.29 is 9.18 Å². The summed E-state index contributed by atoms with van der Waals surface area (Å²) in [6, 6.07) is 10.3. The smallest absolute Gasteiger partial charge is 0.264 e. The molecule has 1 aliphatic rings. The molecule has 0 N–H and O–H groups in total. The zero-order valence-electron chi connectivity index (χ0n) is 14.3. The highest BCUT2D eigenvalue weighted by atomic mass is 32.1. The lowest BCUT2D eigenvalue weighted by molar-refractivity contribution is 0.0733. The number of nitrogens with zero attached hydrogens (tertiary/aromatic N) is 3. The van der Waals surface area contributed by atoms with Gasteiger partial charge in [0.05, 0.1) is 11.4 Å². The van der Waals surface area contributed by atoms with E-state index in [1.165, 1.54) is 36.3 Å². The van der Waals surface area contributed by atoms with Crippen LogP contribution >= 0.6 is 11.3 Å². The largest absolute Gasteiger partial charge is 0.330 e. The number of carbonyl (C=O) groups is 1. The van der Waals surface area contributed by atoms with Crippen LogP contribution in [0, 0.1) is 11.7 Å². The van der Waals surface area contributed by atoms with Gasteiger partial charge >= 0.3 is 0 Å². The molecule has 0 bridgehead atoms. The summed E-state index contributed by atoms with van der Waals surface area (Å²) in [5.74, 6) is 1.24. The molecule has 26 heavy (non-hydrogen) atoms. The van der Waals surface area contributed by atoms with Crippen molar-refractivity contribution in [1.82, 2.24) is 14.5 Å². The molecule has 3 aromatic rings. The van der Waals surface area contributed by atoms with Crippen LogP contribution in [-0.2, 0) is 13.1 Å². The average Bonchev–Trinajstić information content (AvgIpc) is 3.08. The Hall–Kier alpha value is -2.47. The van der Waals surface area contributed by atoms with Crippen LogP contribution in [-0.4, -0.2) is 26.9 Å². The Morgan fingerprint density at radius 2 is 2.19 bits per heavy atom. The molecule has 2 heterocycles. The van der Waals surface area contributed by atoms with Gasteiger partial charge in [0.25, 0.3) is 5.91 Å². The van der Waals surface area contributed by atoms with Gasteiger partial charge in [-0.3, -0.25) is 4.79 Å². The molecule has 4 nitrogen and oxygen atoms in total. The average molecular weight is 369 g/mol. The summed E-state index contributed by atoms with van der Waals surface area (Å²) in [5.41, 5.74) is 0.877. The van der Waals surface area contributed by atoms with Crippen LogP contribution < -0.4 is 0 Å². The topological polar surface area (TPSA) is 38.1 Å². The van der Waals surface area contributed by atoms with Crippen LogP contribution in [0.2, 0.25) is 0 Å². The molecular formula is C20H20FN3OS. The molecule has 4 rings (SSSR count). The number of imidazole rings is 1. The van der Waals surface area contributed by atoms with Crippen molar-refractivity contribution in [3.8, 4) is 0 Å². The van der Waals surface area contributed by atoms with Crippen LogP contribution in [0.1, 0.15) is 33.9 Å². The monoisotopic (exact) mass is 369 g/mol. The maximum Gasteiger partial charge on any atom is 0.264 e. The van der Waals surface area contributed by atoms with E-state index in [2.05, 4.69) is 4.98 Å². The second-order valence-electron chi connectivity index (χ2n) is 6.71. The molecule has 0 spiro atoms. The second-order valence-corrected chi connectivity index (χ2v) is 7.66. The summed E-state index contributed by atoms with van der Waals surface area (Å²) in [6.45, 7) is 1.77. The van der Waals surface area contributed by atoms with Crippen LogP contribution in [0.5, 0.6) is 0 Å². The van der Waals surface area contributed by atoms with Gasteiger partial charge in [-0.25, -0.2) is 9.37 Å². The van der Waals surface area contributed by atoms with Gasteiger partial charge in [-0.05, 0) is 47.9 Å². The van der Waals surface area contributed by atoms with Crippen LogP contribution in [0.3, 0.4) is 0 Å². The van der Waals surface area contributed by atoms with Crippen molar-refractivity contribution in [2.45, 2.75) is 25.9 Å². The maximum atomic E-state index is 13.4. The fourth-order valence-electron chi connectivity index (χ4n) is 3.03. The molecule has 0 saturated heterocycles. The number of amides is 1. The number of hydrogen-bond acceptors (Lipinski definition) is 3. The zero-order chi connectivity index (χ0) is 17.9. The van der Waals surface area contributed by atoms with Crippen molar-refractivity contribution in [2.24, 2.45) is 5.92 Å². The van der Waals surface area contributed by atoms with Gasteiger partial charge in [0.2, 0.25) is 0 Å². The first-order valence-corrected chi connectivity index (χ1v) is 9.64. The van der Waals surface area contributed by atoms with E-state index in [-0.39, 0.29) is 11.7 Å². The molecule has 1 aromatic carbocycles. The van der Waals surface area contributed by atoms with E-state index in [0.29, 0.717) is 19.0 Å². The molecule has 1 saturated carbocycles. The van der Waals surface area contributed by atoms with Gasteiger partial charge in [0, 0.05) is 25.5 Å². The van der Waals surface area contributed by atoms with Gasteiger partial charge in [-0.1, -0.05) is 18.2 Å². The van der Waals surface area contributed by atoms with Gasteiger partial charge in [0.1, 0.15) is 11.6 Å². The number of thiophene rings is 1. The van der Waals surface area contributed by atoms with Gasteiger partial charge in [0.15, 0.2) is 0 Å². The first-order valence-electron chi connectivity index (χ1n) is 8.76. The van der Waals surface area contributed by atoms with Crippen molar-refractivity contribution in [3.05, 3.63) is 76.3 Å². The van der Waals surface area contributed by atoms with E-state index < -0.39 is 0 Å². The Morgan fingerprint density at radius 1 is 1.31 bits per heavy atom. The first kappa shape index (κ1) is 17.0. The number of aromatic nitrogens is 2. The standard InChI is InChI=1S/C20H20FN3OS/c21-17-4-1-3-16(11-17)13-23-9-8-22-19(23)14-24(12-15-6-7-15)20(25)18-5-2-10-26-18/h1-5,8-11,15H,6-7,12-14H2. The van der Waals surface area contributed by atoms with Crippen LogP contribution in [0.25, 0.3) is 0 Å². The highest BCUT2D eigenvalue weighted by Gasteiger charge is 2.28. The predicted molar refractivity (Wildman–Crippen MR) is 99.5 cm³/mol. The van der Waals surface area contributed by atoms with E-state index in [9.17, 15) is 9.18 Å². The summed E-state index contributed by atoms with van der Waals surface area (Å²) in [4.78, 5) is 20.0. The fourth-order valence-corrected chi connectivity index (χ4v) is 3.72. The SMILES string of the molecule is O=C(c1cccs1)N(Cc1nccn1Cc1cccc(F)c1)CC1CC1. The van der Waals surface area contributed by atoms with E-state index in [4.69, 9.17) is 0 Å². The number of carbonyl (C=O) groups excluding carboxylic acids is 1. The molecule has 1 aliphatic carbocycles. The lowest BCUT2D eigenvalue weighted by Gasteiger charge is -2.22. The number of benzene rings is 1. The number of halogens is 1. The van der Waals surface area contributed by atoms with Gasteiger partial charge in [-0.15, -0.1) is 11.3 Å². The molecule has 1 fully saturated rings. The normalized spacial score (nSPS) is 13.7. The minimum absolute atomic E-state index is 0.0622. The summed E-state index contributed by atoms with van der Waals surface area (Å²) in [6.07, 6.45) is 5.99. The molecule has 0 radical (unpaired) electrons. The third kappa shape index (κ3) is 4.02. The molecule has 0 unspecified atom stereocenters. The molecular weight excluding hydrogens is 349 g/mol. The highest BCUT2D eigenvalue weighted by Crippen LogP contribution is 2.31. The van der Waals surface area contributed by atoms with Crippen LogP contribution in [0.15, 0.2) is 54.2 Å². The van der Waals surface area contributed by atoms with Gasteiger partial charge in [-0.2, -0.15) is 0 Å². The molecule has 2 aromatic heterocycles. The van der Waals surface area contributed by atoms with E-state index in [1.807, 2.05) is 39.2 Å². The zero-order valence-corrected chi connectivity index (χ0v) is 15.2. The summed E-state index contributed by atoms with van der Waals surface area (Å²) >= 11 is 1.47. The Labute approximate surface area is 155 Å². The quantitative estimate of drug-likeness (QED) is 0.626. The van der Waals surface area contributed by atoms with Crippen LogP contribution in [0.4, 0.5) is 4.39 Å². The summed E-state index contributed by atoms with van der Waals surface area (Å²) < 4.78 is 15.4. The Morgan fingerprint density at radius 3 is 2.92 bits per heavy atom. The van der Waals surface area contributed by atoms with E-state index in [0.717, 1.165) is 22.8 Å². The Balaban J connectivity index is 1.52. The first-order chi connectivity index (χ1) is 12.7. The number of rotatable bonds is 7. The second kappa shape index (κ2) is 7.41. The van der Waals surface area contributed by atoms with E-state index >= 15 is 0 Å². The highest BCUT2D eigenvalue weighted by molar-refractivity contribution is 7.12. The summed E-state index contributed by atoms with van der Waals surface area (Å²) in [5, 5.41) is 1.92. The molecule has 1 amide bonds. The van der Waals surface area contributed by atoms with E-state index in [1.54, 1.807) is 12.3 Å². The van der Waals surface area contributed by atoms with Crippen molar-refractivity contribution in [3.63, 3.8) is 0 Å². The number of hydrogen-bond donors (Lipinski definition) is 0. The maximum absolute atomic E-state index is 13.4. The minimum Gasteiger partial charge on any atom is -0.330 e. The lowest BCUT2D eigenvalue weighted by Crippen LogP contribution is -2.33. The Bertz CT molecular complexity index is 886. The molecule has 134 valence electrons. The molecule has 0 aliphatic heterocycles. The molecule has 6 heteroatoms.